The minimum absolute atomic E-state index is 0.0355. The molecule has 20 heavy (non-hydrogen) atoms. The standard InChI is InChI=1S/C16H23N3O/c1-12(2)16(17)15-10-18-11-19(15)9-8-13-4-6-14(20-3)7-5-13/h4-7,10-12,16H,8-9,17H2,1-3H3. The van der Waals surface area contributed by atoms with Crippen molar-refractivity contribution in [2.45, 2.75) is 32.9 Å². The molecule has 4 heteroatoms. The molecule has 1 unspecified atom stereocenters. The lowest BCUT2D eigenvalue weighted by Crippen LogP contribution is -2.20. The second kappa shape index (κ2) is 6.57. The Morgan fingerprint density at radius 3 is 2.55 bits per heavy atom. The smallest absolute Gasteiger partial charge is 0.118 e. The summed E-state index contributed by atoms with van der Waals surface area (Å²) < 4.78 is 7.31. The van der Waals surface area contributed by atoms with Crippen LogP contribution in [-0.2, 0) is 13.0 Å². The Morgan fingerprint density at radius 2 is 1.95 bits per heavy atom. The number of hydrogen-bond donors (Lipinski definition) is 1. The van der Waals surface area contributed by atoms with E-state index in [-0.39, 0.29) is 6.04 Å². The van der Waals surface area contributed by atoms with Crippen LogP contribution in [0.15, 0.2) is 36.8 Å². The largest absolute Gasteiger partial charge is 0.497 e. The number of methoxy groups -OCH3 is 1. The van der Waals surface area contributed by atoms with Crippen molar-refractivity contribution < 1.29 is 4.74 Å². The van der Waals surface area contributed by atoms with E-state index in [0.29, 0.717) is 5.92 Å². The Bertz CT molecular complexity index is 531. The van der Waals surface area contributed by atoms with E-state index in [4.69, 9.17) is 10.5 Å². The number of hydrogen-bond acceptors (Lipinski definition) is 3. The number of aryl methyl sites for hydroxylation is 2. The van der Waals surface area contributed by atoms with Gasteiger partial charge in [-0.15, -0.1) is 0 Å². The Morgan fingerprint density at radius 1 is 1.25 bits per heavy atom. The highest BCUT2D eigenvalue weighted by atomic mass is 16.5. The van der Waals surface area contributed by atoms with Gasteiger partial charge in [-0.1, -0.05) is 26.0 Å². The first kappa shape index (κ1) is 14.6. The topological polar surface area (TPSA) is 53.1 Å². The summed E-state index contributed by atoms with van der Waals surface area (Å²) in [6.45, 7) is 5.15. The number of rotatable bonds is 6. The van der Waals surface area contributed by atoms with E-state index >= 15 is 0 Å². The van der Waals surface area contributed by atoms with Crippen LogP contribution in [0.25, 0.3) is 0 Å². The number of nitrogens with zero attached hydrogens (tertiary/aromatic N) is 2. The molecule has 0 saturated heterocycles. The molecule has 4 nitrogen and oxygen atoms in total. The number of imidazole rings is 1. The summed E-state index contributed by atoms with van der Waals surface area (Å²) in [6, 6.07) is 8.21. The first-order chi connectivity index (χ1) is 9.61. The summed E-state index contributed by atoms with van der Waals surface area (Å²) in [5, 5.41) is 0. The van der Waals surface area contributed by atoms with Gasteiger partial charge in [0, 0.05) is 18.8 Å². The van der Waals surface area contributed by atoms with Gasteiger partial charge in [-0.3, -0.25) is 0 Å². The highest BCUT2D eigenvalue weighted by Crippen LogP contribution is 2.19. The molecule has 1 heterocycles. The normalized spacial score (nSPS) is 12.7. The second-order valence-corrected chi connectivity index (χ2v) is 5.38. The van der Waals surface area contributed by atoms with Crippen LogP contribution in [0, 0.1) is 5.92 Å². The van der Waals surface area contributed by atoms with Crippen LogP contribution in [0.1, 0.15) is 31.1 Å². The molecular formula is C16H23N3O. The van der Waals surface area contributed by atoms with Crippen molar-refractivity contribution in [3.63, 3.8) is 0 Å². The maximum atomic E-state index is 6.21. The third-order valence-electron chi connectivity index (χ3n) is 3.60. The average Bonchev–Trinajstić information content (AvgIpc) is 2.93. The van der Waals surface area contributed by atoms with Gasteiger partial charge in [0.1, 0.15) is 5.75 Å². The van der Waals surface area contributed by atoms with Gasteiger partial charge >= 0.3 is 0 Å². The minimum Gasteiger partial charge on any atom is -0.497 e. The molecule has 0 spiro atoms. The molecule has 0 saturated carbocycles. The monoisotopic (exact) mass is 273 g/mol. The number of aromatic nitrogens is 2. The highest BCUT2D eigenvalue weighted by molar-refractivity contribution is 5.27. The molecule has 0 aliphatic heterocycles. The zero-order valence-electron chi connectivity index (χ0n) is 12.4. The van der Waals surface area contributed by atoms with Gasteiger partial charge < -0.3 is 15.0 Å². The van der Waals surface area contributed by atoms with Crippen LogP contribution >= 0.6 is 0 Å². The van der Waals surface area contributed by atoms with E-state index in [0.717, 1.165) is 24.4 Å². The van der Waals surface area contributed by atoms with Crippen LogP contribution < -0.4 is 10.5 Å². The zero-order valence-corrected chi connectivity index (χ0v) is 12.4. The molecule has 108 valence electrons. The third-order valence-corrected chi connectivity index (χ3v) is 3.60. The van der Waals surface area contributed by atoms with Crippen molar-refractivity contribution >= 4 is 0 Å². The molecule has 1 aromatic carbocycles. The van der Waals surface area contributed by atoms with Crippen LogP contribution in [0.2, 0.25) is 0 Å². The van der Waals surface area contributed by atoms with Gasteiger partial charge in [0.25, 0.3) is 0 Å². The van der Waals surface area contributed by atoms with E-state index in [9.17, 15) is 0 Å². The Balaban J connectivity index is 2.02. The van der Waals surface area contributed by atoms with E-state index in [2.05, 4.69) is 35.5 Å². The molecule has 1 aromatic heterocycles. The molecule has 0 fully saturated rings. The fourth-order valence-corrected chi connectivity index (χ4v) is 2.18. The van der Waals surface area contributed by atoms with E-state index in [1.807, 2.05) is 24.7 Å². The lowest BCUT2D eigenvalue weighted by Gasteiger charge is -2.17. The first-order valence-corrected chi connectivity index (χ1v) is 7.00. The minimum atomic E-state index is 0.0355. The summed E-state index contributed by atoms with van der Waals surface area (Å²) in [6.07, 6.45) is 4.69. The zero-order chi connectivity index (χ0) is 14.5. The van der Waals surface area contributed by atoms with Crippen LogP contribution in [0.3, 0.4) is 0 Å². The van der Waals surface area contributed by atoms with Gasteiger partial charge in [0.2, 0.25) is 0 Å². The molecule has 1 atom stereocenters. The summed E-state index contributed by atoms with van der Waals surface area (Å²) in [5.41, 5.74) is 8.60. The highest BCUT2D eigenvalue weighted by Gasteiger charge is 2.14. The van der Waals surface area contributed by atoms with E-state index in [1.54, 1.807) is 7.11 Å². The first-order valence-electron chi connectivity index (χ1n) is 7.00. The van der Waals surface area contributed by atoms with Crippen molar-refractivity contribution in [1.29, 1.82) is 0 Å². The van der Waals surface area contributed by atoms with Crippen molar-refractivity contribution in [1.82, 2.24) is 9.55 Å². The van der Waals surface area contributed by atoms with Crippen molar-refractivity contribution in [3.05, 3.63) is 48.0 Å². The van der Waals surface area contributed by atoms with Gasteiger partial charge in [-0.2, -0.15) is 0 Å². The summed E-state index contributed by atoms with van der Waals surface area (Å²) in [7, 11) is 1.68. The SMILES string of the molecule is COc1ccc(CCn2cncc2C(N)C(C)C)cc1. The van der Waals surface area contributed by atoms with Gasteiger partial charge in [-0.05, 0) is 30.0 Å². The lowest BCUT2D eigenvalue weighted by molar-refractivity contribution is 0.414. The Labute approximate surface area is 120 Å². The summed E-state index contributed by atoms with van der Waals surface area (Å²) in [5.74, 6) is 1.30. The molecule has 2 aromatic rings. The van der Waals surface area contributed by atoms with E-state index in [1.165, 1.54) is 5.56 Å². The molecule has 2 N–H and O–H groups in total. The summed E-state index contributed by atoms with van der Waals surface area (Å²) >= 11 is 0. The second-order valence-electron chi connectivity index (χ2n) is 5.38. The van der Waals surface area contributed by atoms with E-state index < -0.39 is 0 Å². The molecule has 0 aliphatic carbocycles. The lowest BCUT2D eigenvalue weighted by atomic mass is 10.0. The molecule has 0 bridgehead atoms. The predicted molar refractivity (Wildman–Crippen MR) is 80.7 cm³/mol. The average molecular weight is 273 g/mol. The number of nitrogens with two attached hydrogens (primary N) is 1. The van der Waals surface area contributed by atoms with Gasteiger partial charge in [0.15, 0.2) is 0 Å². The Hall–Kier alpha value is -1.81. The fraction of sp³-hybridized carbons (Fsp3) is 0.438. The van der Waals surface area contributed by atoms with Gasteiger partial charge in [0.05, 0.1) is 19.1 Å². The van der Waals surface area contributed by atoms with Crippen molar-refractivity contribution in [2.24, 2.45) is 11.7 Å². The predicted octanol–water partition coefficient (Wildman–Crippen LogP) is 2.79. The molecule has 2 rings (SSSR count). The van der Waals surface area contributed by atoms with Gasteiger partial charge in [-0.25, -0.2) is 4.98 Å². The molecule has 0 radical (unpaired) electrons. The van der Waals surface area contributed by atoms with Crippen LogP contribution in [0.4, 0.5) is 0 Å². The van der Waals surface area contributed by atoms with Crippen molar-refractivity contribution in [2.75, 3.05) is 7.11 Å². The van der Waals surface area contributed by atoms with Crippen molar-refractivity contribution in [3.8, 4) is 5.75 Å². The third kappa shape index (κ3) is 3.39. The molecular weight excluding hydrogens is 250 g/mol. The number of ether oxygens (including phenoxy) is 1. The fourth-order valence-electron chi connectivity index (χ4n) is 2.18. The quantitative estimate of drug-likeness (QED) is 0.880. The molecule has 0 aliphatic rings. The maximum absolute atomic E-state index is 6.21. The maximum Gasteiger partial charge on any atom is 0.118 e. The summed E-state index contributed by atoms with van der Waals surface area (Å²) in [4.78, 5) is 4.23. The Kier molecular flexibility index (Phi) is 4.79. The molecule has 0 amide bonds. The van der Waals surface area contributed by atoms with Crippen LogP contribution in [-0.4, -0.2) is 16.7 Å². The van der Waals surface area contributed by atoms with Crippen LogP contribution in [0.5, 0.6) is 5.75 Å². The number of benzene rings is 1.